The van der Waals surface area contributed by atoms with Crippen LogP contribution in [0.5, 0.6) is 0 Å². The zero-order valence-electron chi connectivity index (χ0n) is 15.3. The van der Waals surface area contributed by atoms with E-state index in [1.54, 1.807) is 10.7 Å². The lowest BCUT2D eigenvalue weighted by molar-refractivity contribution is 0.333. The normalized spacial score (nSPS) is 17.4. The molecule has 6 nitrogen and oxygen atoms in total. The summed E-state index contributed by atoms with van der Waals surface area (Å²) in [6.07, 6.45) is 7.02. The van der Waals surface area contributed by atoms with E-state index in [1.807, 2.05) is 18.3 Å². The lowest BCUT2D eigenvalue weighted by Crippen LogP contribution is -2.37. The second-order valence-electron chi connectivity index (χ2n) is 7.68. The Morgan fingerprint density at radius 1 is 1.11 bits per heavy atom. The summed E-state index contributed by atoms with van der Waals surface area (Å²) in [6, 6.07) is 10.1. The number of aromatic nitrogens is 4. The predicted molar refractivity (Wildman–Crippen MR) is 105 cm³/mol. The van der Waals surface area contributed by atoms with Crippen LogP contribution in [0.15, 0.2) is 41.3 Å². The standard InChI is InChI=1S/C21H23N5O/c27-20-12-16-5-3-7-19(16)24-26(20)14-15-8-10-25(11-9-15)21-18-6-2-1-4-17(18)13-22-23-21/h1-2,4,6,12-13,15H,3,5,7-11,14H2. The number of piperidine rings is 1. The van der Waals surface area contributed by atoms with E-state index in [2.05, 4.69) is 32.3 Å². The molecule has 1 aliphatic heterocycles. The summed E-state index contributed by atoms with van der Waals surface area (Å²) in [7, 11) is 0. The van der Waals surface area contributed by atoms with E-state index in [0.29, 0.717) is 5.92 Å². The fourth-order valence-electron chi connectivity index (χ4n) is 4.39. The van der Waals surface area contributed by atoms with Crippen molar-refractivity contribution in [3.8, 4) is 0 Å². The first-order chi connectivity index (χ1) is 13.3. The molecule has 1 aromatic carbocycles. The van der Waals surface area contributed by atoms with E-state index in [1.165, 1.54) is 0 Å². The van der Waals surface area contributed by atoms with Gasteiger partial charge in [-0.1, -0.05) is 24.3 Å². The predicted octanol–water partition coefficient (Wildman–Crippen LogP) is 2.59. The third-order valence-corrected chi connectivity index (χ3v) is 5.92. The molecule has 6 heteroatoms. The number of aryl methyl sites for hydroxylation is 2. The van der Waals surface area contributed by atoms with Gasteiger partial charge in [0.05, 0.1) is 11.9 Å². The number of anilines is 1. The van der Waals surface area contributed by atoms with Crippen LogP contribution < -0.4 is 10.5 Å². The molecule has 138 valence electrons. The monoisotopic (exact) mass is 361 g/mol. The van der Waals surface area contributed by atoms with Crippen molar-refractivity contribution in [1.82, 2.24) is 20.0 Å². The lowest BCUT2D eigenvalue weighted by Gasteiger charge is -2.33. The summed E-state index contributed by atoms with van der Waals surface area (Å²) in [4.78, 5) is 14.7. The average Bonchev–Trinajstić information content (AvgIpc) is 3.15. The molecule has 0 saturated carbocycles. The van der Waals surface area contributed by atoms with E-state index in [4.69, 9.17) is 0 Å². The summed E-state index contributed by atoms with van der Waals surface area (Å²) < 4.78 is 1.70. The number of hydrogen-bond donors (Lipinski definition) is 0. The molecule has 0 N–H and O–H groups in total. The minimum Gasteiger partial charge on any atom is -0.355 e. The average molecular weight is 361 g/mol. The fourth-order valence-corrected chi connectivity index (χ4v) is 4.39. The van der Waals surface area contributed by atoms with Gasteiger partial charge in [-0.15, -0.1) is 5.10 Å². The van der Waals surface area contributed by atoms with Gasteiger partial charge in [-0.25, -0.2) is 4.68 Å². The highest BCUT2D eigenvalue weighted by Crippen LogP contribution is 2.28. The van der Waals surface area contributed by atoms with Crippen LogP contribution in [0, 0.1) is 5.92 Å². The van der Waals surface area contributed by atoms with E-state index in [9.17, 15) is 4.79 Å². The van der Waals surface area contributed by atoms with Crippen molar-refractivity contribution < 1.29 is 0 Å². The molecule has 1 aliphatic carbocycles. The molecule has 0 unspecified atom stereocenters. The Hall–Kier alpha value is -2.76. The van der Waals surface area contributed by atoms with Gasteiger partial charge < -0.3 is 4.90 Å². The largest absolute Gasteiger partial charge is 0.355 e. The first kappa shape index (κ1) is 16.4. The van der Waals surface area contributed by atoms with Gasteiger partial charge in [0.25, 0.3) is 5.56 Å². The highest BCUT2D eigenvalue weighted by molar-refractivity contribution is 5.91. The topological polar surface area (TPSA) is 63.9 Å². The van der Waals surface area contributed by atoms with E-state index >= 15 is 0 Å². The van der Waals surface area contributed by atoms with E-state index in [0.717, 1.165) is 79.6 Å². The third kappa shape index (κ3) is 3.09. The molecule has 0 radical (unpaired) electrons. The van der Waals surface area contributed by atoms with Crippen molar-refractivity contribution in [2.45, 2.75) is 38.6 Å². The molecule has 27 heavy (non-hydrogen) atoms. The second-order valence-corrected chi connectivity index (χ2v) is 7.68. The van der Waals surface area contributed by atoms with Gasteiger partial charge in [0.1, 0.15) is 0 Å². The molecule has 3 heterocycles. The summed E-state index contributed by atoms with van der Waals surface area (Å²) in [5.74, 6) is 1.45. The Morgan fingerprint density at radius 2 is 1.96 bits per heavy atom. The van der Waals surface area contributed by atoms with E-state index < -0.39 is 0 Å². The first-order valence-corrected chi connectivity index (χ1v) is 9.83. The van der Waals surface area contributed by atoms with Crippen molar-refractivity contribution in [1.29, 1.82) is 0 Å². The highest BCUT2D eigenvalue weighted by atomic mass is 16.1. The molecule has 0 amide bonds. The van der Waals surface area contributed by atoms with Gasteiger partial charge in [-0.05, 0) is 43.6 Å². The zero-order valence-corrected chi connectivity index (χ0v) is 15.3. The molecule has 1 saturated heterocycles. The summed E-state index contributed by atoms with van der Waals surface area (Å²) in [6.45, 7) is 2.60. The SMILES string of the molecule is O=c1cc2c(nn1CC1CCN(c3nncc4ccccc34)CC1)CCC2. The van der Waals surface area contributed by atoms with Crippen LogP contribution >= 0.6 is 0 Å². The van der Waals surface area contributed by atoms with Crippen LogP contribution in [-0.4, -0.2) is 33.1 Å². The first-order valence-electron chi connectivity index (χ1n) is 9.83. The number of rotatable bonds is 3. The molecule has 2 aromatic heterocycles. The van der Waals surface area contributed by atoms with Crippen molar-refractivity contribution in [2.24, 2.45) is 5.92 Å². The molecule has 2 aliphatic rings. The van der Waals surface area contributed by atoms with Gasteiger partial charge in [-0.2, -0.15) is 10.2 Å². The van der Waals surface area contributed by atoms with Gasteiger partial charge in [-0.3, -0.25) is 4.79 Å². The Bertz CT molecular complexity index is 1030. The lowest BCUT2D eigenvalue weighted by atomic mass is 9.96. The Labute approximate surface area is 157 Å². The molecule has 0 atom stereocenters. The summed E-state index contributed by atoms with van der Waals surface area (Å²) in [5, 5.41) is 15.5. The molecule has 3 aromatic rings. The number of benzene rings is 1. The van der Waals surface area contributed by atoms with Crippen LogP contribution in [0.25, 0.3) is 10.8 Å². The van der Waals surface area contributed by atoms with Crippen molar-refractivity contribution in [2.75, 3.05) is 18.0 Å². The van der Waals surface area contributed by atoms with Gasteiger partial charge in [0.2, 0.25) is 0 Å². The number of hydrogen-bond acceptors (Lipinski definition) is 5. The van der Waals surface area contributed by atoms with Gasteiger partial charge in [0.15, 0.2) is 5.82 Å². The van der Waals surface area contributed by atoms with Crippen molar-refractivity contribution in [3.05, 3.63) is 58.1 Å². The number of nitrogens with zero attached hydrogens (tertiary/aromatic N) is 5. The minimum atomic E-state index is 0.0537. The zero-order chi connectivity index (χ0) is 18.2. The smallest absolute Gasteiger partial charge is 0.267 e. The quantitative estimate of drug-likeness (QED) is 0.717. The van der Waals surface area contributed by atoms with Crippen LogP contribution in [0.3, 0.4) is 0 Å². The minimum absolute atomic E-state index is 0.0537. The van der Waals surface area contributed by atoms with Crippen LogP contribution in [0.2, 0.25) is 0 Å². The Morgan fingerprint density at radius 3 is 2.85 bits per heavy atom. The van der Waals surface area contributed by atoms with Crippen molar-refractivity contribution in [3.63, 3.8) is 0 Å². The van der Waals surface area contributed by atoms with Crippen LogP contribution in [0.4, 0.5) is 5.82 Å². The van der Waals surface area contributed by atoms with Gasteiger partial charge >= 0.3 is 0 Å². The molecule has 0 bridgehead atoms. The maximum absolute atomic E-state index is 12.4. The molecule has 1 fully saturated rings. The Kier molecular flexibility index (Phi) is 4.11. The third-order valence-electron chi connectivity index (χ3n) is 5.92. The highest BCUT2D eigenvalue weighted by Gasteiger charge is 2.23. The molecular formula is C21H23N5O. The van der Waals surface area contributed by atoms with Crippen molar-refractivity contribution >= 4 is 16.6 Å². The summed E-state index contributed by atoms with van der Waals surface area (Å²) in [5.41, 5.74) is 2.33. The fraction of sp³-hybridized carbons (Fsp3) is 0.429. The Balaban J connectivity index is 1.30. The maximum atomic E-state index is 12.4. The molecular weight excluding hydrogens is 338 g/mol. The molecule has 0 spiro atoms. The van der Waals surface area contributed by atoms with Crippen LogP contribution in [-0.2, 0) is 19.4 Å². The molecule has 5 rings (SSSR count). The number of fused-ring (bicyclic) bond motifs is 2. The second kappa shape index (κ2) is 6.76. The maximum Gasteiger partial charge on any atom is 0.267 e. The summed E-state index contributed by atoms with van der Waals surface area (Å²) >= 11 is 0. The van der Waals surface area contributed by atoms with E-state index in [-0.39, 0.29) is 5.56 Å². The van der Waals surface area contributed by atoms with Gasteiger partial charge in [0, 0.05) is 36.5 Å². The van der Waals surface area contributed by atoms with Crippen LogP contribution in [0.1, 0.15) is 30.5 Å².